The van der Waals surface area contributed by atoms with Crippen molar-refractivity contribution in [1.82, 2.24) is 5.32 Å². The summed E-state index contributed by atoms with van der Waals surface area (Å²) >= 11 is 2.08. The van der Waals surface area contributed by atoms with Crippen LogP contribution in [0.4, 0.5) is 0 Å². The molecule has 0 aromatic carbocycles. The fraction of sp³-hybridized carbons (Fsp3) is 0.857. The van der Waals surface area contributed by atoms with Gasteiger partial charge in [0, 0.05) is 12.6 Å². The highest BCUT2D eigenvalue weighted by Crippen LogP contribution is 2.37. The monoisotopic (exact) mass is 255 g/mol. The van der Waals surface area contributed by atoms with Crippen LogP contribution in [0.2, 0.25) is 0 Å². The number of thioether (sulfide) groups is 1. The van der Waals surface area contributed by atoms with E-state index in [1.165, 1.54) is 37.2 Å². The summed E-state index contributed by atoms with van der Waals surface area (Å²) in [4.78, 5) is 0. The SMILES string of the molecule is C/C=C/CCNC1CCOC2(CCSCC2)C1. The van der Waals surface area contributed by atoms with Crippen molar-refractivity contribution in [2.45, 2.75) is 50.7 Å². The van der Waals surface area contributed by atoms with Gasteiger partial charge in [-0.25, -0.2) is 0 Å². The quantitative estimate of drug-likeness (QED) is 0.616. The smallest absolute Gasteiger partial charge is 0.0713 e. The largest absolute Gasteiger partial charge is 0.375 e. The highest BCUT2D eigenvalue weighted by Gasteiger charge is 2.38. The second kappa shape index (κ2) is 6.81. The molecule has 17 heavy (non-hydrogen) atoms. The molecule has 0 saturated carbocycles. The number of allylic oxidation sites excluding steroid dienone is 1. The van der Waals surface area contributed by atoms with Crippen LogP contribution in [0.25, 0.3) is 0 Å². The van der Waals surface area contributed by atoms with E-state index >= 15 is 0 Å². The first-order valence-corrected chi connectivity index (χ1v) is 8.06. The van der Waals surface area contributed by atoms with Crippen LogP contribution in [-0.4, -0.2) is 36.3 Å². The molecule has 0 aromatic rings. The third-order valence-corrected chi connectivity index (χ3v) is 4.86. The minimum absolute atomic E-state index is 0.224. The summed E-state index contributed by atoms with van der Waals surface area (Å²) in [6.45, 7) is 4.15. The fourth-order valence-electron chi connectivity index (χ4n) is 2.83. The lowest BCUT2D eigenvalue weighted by Gasteiger charge is -2.43. The summed E-state index contributed by atoms with van der Waals surface area (Å²) < 4.78 is 6.10. The predicted molar refractivity (Wildman–Crippen MR) is 75.7 cm³/mol. The molecule has 2 nitrogen and oxygen atoms in total. The number of nitrogens with one attached hydrogen (secondary N) is 1. The molecule has 3 heteroatoms. The second-order valence-corrected chi connectivity index (χ2v) is 6.37. The Balaban J connectivity index is 1.76. The van der Waals surface area contributed by atoms with Crippen LogP contribution < -0.4 is 5.32 Å². The molecule has 1 spiro atoms. The van der Waals surface area contributed by atoms with E-state index in [1.54, 1.807) is 0 Å². The van der Waals surface area contributed by atoms with Gasteiger partial charge in [0.2, 0.25) is 0 Å². The van der Waals surface area contributed by atoms with E-state index < -0.39 is 0 Å². The number of hydrogen-bond donors (Lipinski definition) is 1. The van der Waals surface area contributed by atoms with Crippen LogP contribution in [0, 0.1) is 0 Å². The Morgan fingerprint density at radius 3 is 3.00 bits per heavy atom. The van der Waals surface area contributed by atoms with E-state index in [-0.39, 0.29) is 5.60 Å². The Labute approximate surface area is 110 Å². The molecule has 2 rings (SSSR count). The van der Waals surface area contributed by atoms with E-state index in [4.69, 9.17) is 4.74 Å². The van der Waals surface area contributed by atoms with E-state index in [1.807, 2.05) is 0 Å². The van der Waals surface area contributed by atoms with Gasteiger partial charge in [0.15, 0.2) is 0 Å². The molecule has 98 valence electrons. The summed E-state index contributed by atoms with van der Waals surface area (Å²) in [5, 5.41) is 3.69. The van der Waals surface area contributed by atoms with Gasteiger partial charge in [-0.1, -0.05) is 12.2 Å². The molecule has 1 unspecified atom stereocenters. The zero-order chi connectivity index (χ0) is 12.0. The predicted octanol–water partition coefficient (Wildman–Crippen LogP) is 2.99. The number of rotatable bonds is 4. The molecule has 2 saturated heterocycles. The zero-order valence-electron chi connectivity index (χ0n) is 10.9. The maximum absolute atomic E-state index is 6.10. The van der Waals surface area contributed by atoms with Crippen LogP contribution in [0.3, 0.4) is 0 Å². The summed E-state index contributed by atoms with van der Waals surface area (Å²) in [5.41, 5.74) is 0.224. The zero-order valence-corrected chi connectivity index (χ0v) is 11.7. The average Bonchev–Trinajstić information content (AvgIpc) is 2.36. The Kier molecular flexibility index (Phi) is 5.39. The van der Waals surface area contributed by atoms with Crippen LogP contribution in [0.5, 0.6) is 0 Å². The Hall–Kier alpha value is 0.0100. The van der Waals surface area contributed by atoms with Gasteiger partial charge in [-0.3, -0.25) is 0 Å². The molecule has 0 amide bonds. The minimum atomic E-state index is 0.224. The van der Waals surface area contributed by atoms with Gasteiger partial charge in [0.05, 0.1) is 5.60 Å². The normalized spacial score (nSPS) is 28.9. The van der Waals surface area contributed by atoms with Crippen molar-refractivity contribution in [2.75, 3.05) is 24.7 Å². The first-order chi connectivity index (χ1) is 8.35. The van der Waals surface area contributed by atoms with Gasteiger partial charge in [-0.15, -0.1) is 0 Å². The Morgan fingerprint density at radius 1 is 1.41 bits per heavy atom. The van der Waals surface area contributed by atoms with Gasteiger partial charge in [-0.05, 0) is 57.1 Å². The molecule has 0 radical (unpaired) electrons. The van der Waals surface area contributed by atoms with Gasteiger partial charge >= 0.3 is 0 Å². The first kappa shape index (κ1) is 13.4. The number of ether oxygens (including phenoxy) is 1. The molecule has 2 heterocycles. The Bertz CT molecular complexity index is 243. The molecule has 1 N–H and O–H groups in total. The summed E-state index contributed by atoms with van der Waals surface area (Å²) in [7, 11) is 0. The van der Waals surface area contributed by atoms with E-state index in [0.29, 0.717) is 6.04 Å². The van der Waals surface area contributed by atoms with Crippen LogP contribution in [0.15, 0.2) is 12.2 Å². The standard InChI is InChI=1S/C14H25NOS/c1-2-3-4-8-15-13-5-9-16-14(12-13)6-10-17-11-7-14/h2-3,13,15H,4-12H2,1H3/b3-2+. The van der Waals surface area contributed by atoms with E-state index in [2.05, 4.69) is 36.2 Å². The summed E-state index contributed by atoms with van der Waals surface area (Å²) in [6.07, 6.45) is 10.4. The highest BCUT2D eigenvalue weighted by atomic mass is 32.2. The van der Waals surface area contributed by atoms with Gasteiger partial charge < -0.3 is 10.1 Å². The lowest BCUT2D eigenvalue weighted by molar-refractivity contribution is -0.0930. The maximum atomic E-state index is 6.10. The minimum Gasteiger partial charge on any atom is -0.375 e. The molecule has 0 aliphatic carbocycles. The van der Waals surface area contributed by atoms with Gasteiger partial charge in [0.25, 0.3) is 0 Å². The average molecular weight is 255 g/mol. The Morgan fingerprint density at radius 2 is 2.24 bits per heavy atom. The molecular weight excluding hydrogens is 230 g/mol. The van der Waals surface area contributed by atoms with Crippen LogP contribution in [-0.2, 0) is 4.74 Å². The highest BCUT2D eigenvalue weighted by molar-refractivity contribution is 7.99. The summed E-state index contributed by atoms with van der Waals surface area (Å²) in [5.74, 6) is 2.57. The first-order valence-electron chi connectivity index (χ1n) is 6.91. The van der Waals surface area contributed by atoms with Crippen molar-refractivity contribution in [1.29, 1.82) is 0 Å². The van der Waals surface area contributed by atoms with Crippen molar-refractivity contribution in [3.05, 3.63) is 12.2 Å². The van der Waals surface area contributed by atoms with Crippen molar-refractivity contribution in [2.24, 2.45) is 0 Å². The lowest BCUT2D eigenvalue weighted by Crippen LogP contribution is -2.49. The van der Waals surface area contributed by atoms with Crippen LogP contribution in [0.1, 0.15) is 39.0 Å². The van der Waals surface area contributed by atoms with Crippen LogP contribution >= 0.6 is 11.8 Å². The van der Waals surface area contributed by atoms with Crippen molar-refractivity contribution in [3.63, 3.8) is 0 Å². The van der Waals surface area contributed by atoms with Gasteiger partial charge in [0.1, 0.15) is 0 Å². The number of hydrogen-bond acceptors (Lipinski definition) is 3. The second-order valence-electron chi connectivity index (χ2n) is 5.15. The fourth-order valence-corrected chi connectivity index (χ4v) is 4.07. The van der Waals surface area contributed by atoms with Crippen molar-refractivity contribution < 1.29 is 4.74 Å². The topological polar surface area (TPSA) is 21.3 Å². The lowest BCUT2D eigenvalue weighted by atomic mass is 9.85. The molecule has 2 fully saturated rings. The molecule has 0 bridgehead atoms. The summed E-state index contributed by atoms with van der Waals surface area (Å²) in [6, 6.07) is 0.678. The molecule has 2 aliphatic rings. The van der Waals surface area contributed by atoms with Crippen molar-refractivity contribution >= 4 is 11.8 Å². The molecular formula is C14H25NOS. The van der Waals surface area contributed by atoms with E-state index in [9.17, 15) is 0 Å². The molecule has 1 atom stereocenters. The molecule has 0 aromatic heterocycles. The maximum Gasteiger partial charge on any atom is 0.0713 e. The van der Waals surface area contributed by atoms with Gasteiger partial charge in [-0.2, -0.15) is 11.8 Å². The third kappa shape index (κ3) is 4.01. The molecule has 2 aliphatic heterocycles. The van der Waals surface area contributed by atoms with Crippen molar-refractivity contribution in [3.8, 4) is 0 Å². The van der Waals surface area contributed by atoms with E-state index in [0.717, 1.165) is 19.6 Å². The third-order valence-electron chi connectivity index (χ3n) is 3.88.